The second kappa shape index (κ2) is 7.03. The zero-order chi connectivity index (χ0) is 19.7. The van der Waals surface area contributed by atoms with Crippen LogP contribution in [0, 0.1) is 19.7 Å². The highest BCUT2D eigenvalue weighted by molar-refractivity contribution is 6.08. The molecule has 0 bridgehead atoms. The van der Waals surface area contributed by atoms with Crippen molar-refractivity contribution < 1.29 is 13.9 Å². The zero-order valence-corrected chi connectivity index (χ0v) is 15.0. The van der Waals surface area contributed by atoms with Gasteiger partial charge in [-0.15, -0.1) is 10.2 Å². The predicted molar refractivity (Wildman–Crippen MR) is 98.9 cm³/mol. The highest BCUT2D eigenvalue weighted by atomic mass is 19.1. The van der Waals surface area contributed by atoms with Crippen molar-refractivity contribution in [3.05, 3.63) is 71.8 Å². The molecule has 4 aromatic rings. The van der Waals surface area contributed by atoms with Gasteiger partial charge in [-0.3, -0.25) is 14.2 Å². The molecule has 0 saturated heterocycles. The van der Waals surface area contributed by atoms with Gasteiger partial charge in [-0.2, -0.15) is 0 Å². The fourth-order valence-electron chi connectivity index (χ4n) is 2.68. The molecule has 0 aromatic carbocycles. The first-order valence-electron chi connectivity index (χ1n) is 8.38. The van der Waals surface area contributed by atoms with E-state index in [4.69, 9.17) is 4.74 Å². The lowest BCUT2D eigenvalue weighted by molar-refractivity contribution is 0.102. The van der Waals surface area contributed by atoms with Gasteiger partial charge in [0, 0.05) is 11.8 Å². The number of hydrogen-bond donors (Lipinski definition) is 1. The molecule has 1 N–H and O–H groups in total. The number of carbonyl (C=O) groups excluding carboxylic acids is 1. The standard InChI is InChI=1S/C19H15FN6O2/c1-11-4-3-5-17(22-11)23-19(27)16-7-15(10-26-12(2)24-25-18(16)26)28-14-6-13(20)8-21-9-14/h3-10H,1-2H3,(H,22,23,27). The minimum Gasteiger partial charge on any atom is -0.454 e. The molecule has 4 heterocycles. The van der Waals surface area contributed by atoms with Crippen LogP contribution in [-0.4, -0.2) is 30.5 Å². The van der Waals surface area contributed by atoms with Crippen LogP contribution in [0.1, 0.15) is 21.9 Å². The van der Waals surface area contributed by atoms with E-state index in [1.807, 2.05) is 13.0 Å². The minimum absolute atomic E-state index is 0.205. The molecule has 0 atom stereocenters. The van der Waals surface area contributed by atoms with Crippen molar-refractivity contribution in [2.24, 2.45) is 0 Å². The van der Waals surface area contributed by atoms with E-state index in [0.717, 1.165) is 11.9 Å². The average Bonchev–Trinajstić information content (AvgIpc) is 3.02. The third-order valence-electron chi connectivity index (χ3n) is 3.94. The smallest absolute Gasteiger partial charge is 0.260 e. The summed E-state index contributed by atoms with van der Waals surface area (Å²) in [4.78, 5) is 20.9. The summed E-state index contributed by atoms with van der Waals surface area (Å²) in [6.45, 7) is 3.58. The first-order valence-corrected chi connectivity index (χ1v) is 8.38. The highest BCUT2D eigenvalue weighted by Crippen LogP contribution is 2.25. The Kier molecular flexibility index (Phi) is 4.40. The van der Waals surface area contributed by atoms with E-state index in [-0.39, 0.29) is 11.3 Å². The molecule has 8 nitrogen and oxygen atoms in total. The van der Waals surface area contributed by atoms with Gasteiger partial charge in [-0.1, -0.05) is 6.07 Å². The quantitative estimate of drug-likeness (QED) is 0.585. The van der Waals surface area contributed by atoms with Crippen LogP contribution in [0.3, 0.4) is 0 Å². The number of halogens is 1. The Bertz CT molecular complexity index is 1190. The molecular weight excluding hydrogens is 363 g/mol. The first-order chi connectivity index (χ1) is 13.5. The maximum Gasteiger partial charge on any atom is 0.260 e. The molecule has 0 radical (unpaired) electrons. The summed E-state index contributed by atoms with van der Waals surface area (Å²) in [5.41, 5.74) is 1.38. The van der Waals surface area contributed by atoms with Crippen molar-refractivity contribution in [3.8, 4) is 11.5 Å². The van der Waals surface area contributed by atoms with Crippen LogP contribution < -0.4 is 10.1 Å². The first kappa shape index (κ1) is 17.5. The number of ether oxygens (including phenoxy) is 1. The van der Waals surface area contributed by atoms with E-state index in [1.54, 1.807) is 29.7 Å². The lowest BCUT2D eigenvalue weighted by Gasteiger charge is -2.10. The van der Waals surface area contributed by atoms with Crippen LogP contribution in [0.2, 0.25) is 0 Å². The molecular formula is C19H15FN6O2. The molecule has 1 amide bonds. The predicted octanol–water partition coefficient (Wildman–Crippen LogP) is 3.32. The van der Waals surface area contributed by atoms with Gasteiger partial charge in [0.1, 0.15) is 29.0 Å². The lowest BCUT2D eigenvalue weighted by Crippen LogP contribution is -2.15. The number of pyridine rings is 3. The van der Waals surface area contributed by atoms with Crippen LogP contribution in [0.15, 0.2) is 48.9 Å². The number of rotatable bonds is 4. The molecule has 0 fully saturated rings. The Morgan fingerprint density at radius 3 is 2.79 bits per heavy atom. The second-order valence-corrected chi connectivity index (χ2v) is 6.09. The zero-order valence-electron chi connectivity index (χ0n) is 15.0. The molecule has 0 aliphatic rings. The number of hydrogen-bond acceptors (Lipinski definition) is 6. The van der Waals surface area contributed by atoms with E-state index in [1.165, 1.54) is 18.3 Å². The summed E-state index contributed by atoms with van der Waals surface area (Å²) in [6, 6.07) is 8.03. The molecule has 4 aromatic heterocycles. The van der Waals surface area contributed by atoms with Crippen molar-refractivity contribution in [2.45, 2.75) is 13.8 Å². The van der Waals surface area contributed by atoms with E-state index in [2.05, 4.69) is 25.5 Å². The van der Waals surface area contributed by atoms with E-state index in [9.17, 15) is 9.18 Å². The summed E-state index contributed by atoms with van der Waals surface area (Å²) >= 11 is 0. The SMILES string of the molecule is Cc1cccc(NC(=O)c2cc(Oc3cncc(F)c3)cn3c(C)nnc23)n1. The maximum absolute atomic E-state index is 13.4. The van der Waals surface area contributed by atoms with E-state index >= 15 is 0 Å². The molecule has 0 saturated carbocycles. The lowest BCUT2D eigenvalue weighted by atomic mass is 10.2. The Balaban J connectivity index is 1.73. The van der Waals surface area contributed by atoms with Gasteiger partial charge in [0.15, 0.2) is 5.65 Å². The fourth-order valence-corrected chi connectivity index (χ4v) is 2.68. The van der Waals surface area contributed by atoms with Crippen molar-refractivity contribution >= 4 is 17.4 Å². The number of aromatic nitrogens is 5. The number of nitrogens with zero attached hydrogens (tertiary/aromatic N) is 5. The average molecular weight is 378 g/mol. The van der Waals surface area contributed by atoms with E-state index < -0.39 is 11.7 Å². The monoisotopic (exact) mass is 378 g/mol. The molecule has 28 heavy (non-hydrogen) atoms. The Morgan fingerprint density at radius 2 is 2.00 bits per heavy atom. The third-order valence-corrected chi connectivity index (χ3v) is 3.94. The Morgan fingerprint density at radius 1 is 1.14 bits per heavy atom. The van der Waals surface area contributed by atoms with Crippen LogP contribution in [0.4, 0.5) is 10.2 Å². The molecule has 0 unspecified atom stereocenters. The largest absolute Gasteiger partial charge is 0.454 e. The number of anilines is 1. The van der Waals surface area contributed by atoms with Crippen molar-refractivity contribution in [3.63, 3.8) is 0 Å². The van der Waals surface area contributed by atoms with Crippen LogP contribution in [0.25, 0.3) is 5.65 Å². The number of aryl methyl sites for hydroxylation is 2. The van der Waals surface area contributed by atoms with Gasteiger partial charge in [-0.05, 0) is 32.0 Å². The highest BCUT2D eigenvalue weighted by Gasteiger charge is 2.17. The number of amides is 1. The van der Waals surface area contributed by atoms with Gasteiger partial charge < -0.3 is 10.1 Å². The van der Waals surface area contributed by atoms with Gasteiger partial charge in [0.25, 0.3) is 5.91 Å². The van der Waals surface area contributed by atoms with E-state index in [0.29, 0.717) is 23.0 Å². The van der Waals surface area contributed by atoms with Crippen molar-refractivity contribution in [2.75, 3.05) is 5.32 Å². The second-order valence-electron chi connectivity index (χ2n) is 6.09. The number of fused-ring (bicyclic) bond motifs is 1. The van der Waals surface area contributed by atoms with Crippen LogP contribution >= 0.6 is 0 Å². The van der Waals surface area contributed by atoms with Gasteiger partial charge in [0.05, 0.1) is 24.2 Å². The summed E-state index contributed by atoms with van der Waals surface area (Å²) in [5.74, 6) is 0.559. The summed E-state index contributed by atoms with van der Waals surface area (Å²) in [6.07, 6.45) is 4.08. The summed E-state index contributed by atoms with van der Waals surface area (Å²) in [7, 11) is 0. The molecule has 140 valence electrons. The van der Waals surface area contributed by atoms with Gasteiger partial charge >= 0.3 is 0 Å². The molecule has 9 heteroatoms. The van der Waals surface area contributed by atoms with Crippen LogP contribution in [0.5, 0.6) is 11.5 Å². The van der Waals surface area contributed by atoms with Crippen molar-refractivity contribution in [1.29, 1.82) is 0 Å². The Hall–Kier alpha value is -3.88. The van der Waals surface area contributed by atoms with Gasteiger partial charge in [-0.25, -0.2) is 9.37 Å². The molecule has 0 spiro atoms. The number of carbonyl (C=O) groups is 1. The summed E-state index contributed by atoms with van der Waals surface area (Å²) < 4.78 is 20.7. The fraction of sp³-hybridized carbons (Fsp3) is 0.105. The third kappa shape index (κ3) is 3.50. The van der Waals surface area contributed by atoms with Gasteiger partial charge in [0.2, 0.25) is 0 Å². The maximum atomic E-state index is 13.4. The summed E-state index contributed by atoms with van der Waals surface area (Å²) in [5, 5.41) is 10.8. The van der Waals surface area contributed by atoms with Crippen molar-refractivity contribution in [1.82, 2.24) is 24.6 Å². The molecule has 0 aliphatic carbocycles. The van der Waals surface area contributed by atoms with Crippen LogP contribution in [-0.2, 0) is 0 Å². The molecule has 0 aliphatic heterocycles. The topological polar surface area (TPSA) is 94.3 Å². The number of nitrogens with one attached hydrogen (secondary N) is 1. The Labute approximate surface area is 159 Å². The minimum atomic E-state index is -0.525. The normalized spacial score (nSPS) is 10.8. The molecule has 4 rings (SSSR count).